The SMILES string of the molecule is COC(=O)C(C)(C)c1ccc(C(=O)CCC(=O)N2CCC(C(O)(c3ccccc3)c3ccccc3)CC2)cc1. The molecule has 1 heterocycles. The number of carbonyl (C=O) groups excluding carboxylic acids is 3. The number of nitrogens with zero attached hydrogens (tertiary/aromatic N) is 1. The maximum absolute atomic E-state index is 13.0. The minimum atomic E-state index is -1.14. The summed E-state index contributed by atoms with van der Waals surface area (Å²) in [5, 5.41) is 12.0. The number of ketones is 1. The summed E-state index contributed by atoms with van der Waals surface area (Å²) in [5.41, 5.74) is 1.03. The molecule has 3 aromatic rings. The maximum Gasteiger partial charge on any atom is 0.315 e. The van der Waals surface area contributed by atoms with Crippen molar-refractivity contribution in [2.75, 3.05) is 20.2 Å². The van der Waals surface area contributed by atoms with Crippen molar-refractivity contribution in [2.24, 2.45) is 5.92 Å². The van der Waals surface area contributed by atoms with E-state index in [1.54, 1.807) is 38.1 Å². The number of methoxy groups -OCH3 is 1. The molecule has 39 heavy (non-hydrogen) atoms. The number of Topliss-reactive ketones (excluding diaryl/α,β-unsaturated/α-hetero) is 1. The molecule has 0 atom stereocenters. The van der Waals surface area contributed by atoms with Crippen molar-refractivity contribution in [1.29, 1.82) is 0 Å². The van der Waals surface area contributed by atoms with Crippen LogP contribution in [0.1, 0.15) is 66.6 Å². The lowest BCUT2D eigenvalue weighted by Crippen LogP contribution is -2.46. The van der Waals surface area contributed by atoms with Gasteiger partial charge in [-0.25, -0.2) is 0 Å². The second kappa shape index (κ2) is 12.0. The zero-order chi connectivity index (χ0) is 28.0. The summed E-state index contributed by atoms with van der Waals surface area (Å²) in [4.78, 5) is 39.6. The molecule has 204 valence electrons. The Morgan fingerprint density at radius 2 is 1.31 bits per heavy atom. The highest BCUT2D eigenvalue weighted by molar-refractivity contribution is 5.98. The summed E-state index contributed by atoms with van der Waals surface area (Å²) in [6.07, 6.45) is 1.59. The number of hydrogen-bond acceptors (Lipinski definition) is 5. The normalized spacial score (nSPS) is 14.6. The second-order valence-electron chi connectivity index (χ2n) is 10.8. The number of piperidine rings is 1. The zero-order valence-corrected chi connectivity index (χ0v) is 22.9. The van der Waals surface area contributed by atoms with E-state index in [0.717, 1.165) is 16.7 Å². The Morgan fingerprint density at radius 1 is 0.795 bits per heavy atom. The molecule has 6 nitrogen and oxygen atoms in total. The summed E-state index contributed by atoms with van der Waals surface area (Å²) in [6.45, 7) is 4.63. The highest BCUT2D eigenvalue weighted by Gasteiger charge is 2.42. The van der Waals surface area contributed by atoms with E-state index in [2.05, 4.69) is 0 Å². The van der Waals surface area contributed by atoms with Crippen molar-refractivity contribution in [1.82, 2.24) is 4.90 Å². The lowest BCUT2D eigenvalue weighted by Gasteiger charge is -2.42. The summed E-state index contributed by atoms with van der Waals surface area (Å²) in [6, 6.07) is 26.4. The van der Waals surface area contributed by atoms with Crippen molar-refractivity contribution in [3.8, 4) is 0 Å². The van der Waals surface area contributed by atoms with Crippen LogP contribution in [-0.4, -0.2) is 47.9 Å². The molecule has 1 amide bonds. The Kier molecular flexibility index (Phi) is 8.66. The van der Waals surface area contributed by atoms with Crippen molar-refractivity contribution < 1.29 is 24.2 Å². The van der Waals surface area contributed by atoms with Crippen LogP contribution in [0, 0.1) is 5.92 Å². The number of ether oxygens (including phenoxy) is 1. The van der Waals surface area contributed by atoms with Crippen molar-refractivity contribution in [2.45, 2.75) is 50.5 Å². The van der Waals surface area contributed by atoms with Gasteiger partial charge in [-0.05, 0) is 49.3 Å². The van der Waals surface area contributed by atoms with Gasteiger partial charge in [0.25, 0.3) is 0 Å². The van der Waals surface area contributed by atoms with E-state index in [1.165, 1.54) is 7.11 Å². The first-order chi connectivity index (χ1) is 18.7. The van der Waals surface area contributed by atoms with Crippen LogP contribution in [0.5, 0.6) is 0 Å². The second-order valence-corrected chi connectivity index (χ2v) is 10.8. The summed E-state index contributed by atoms with van der Waals surface area (Å²) >= 11 is 0. The lowest BCUT2D eigenvalue weighted by atomic mass is 9.72. The van der Waals surface area contributed by atoms with Crippen LogP contribution in [0.15, 0.2) is 84.9 Å². The minimum Gasteiger partial charge on any atom is -0.468 e. The number of esters is 1. The first kappa shape index (κ1) is 28.2. The highest BCUT2D eigenvalue weighted by Crippen LogP contribution is 2.42. The van der Waals surface area contributed by atoms with Gasteiger partial charge in [-0.15, -0.1) is 0 Å². The molecule has 6 heteroatoms. The topological polar surface area (TPSA) is 83.9 Å². The molecule has 0 saturated carbocycles. The molecule has 0 aliphatic carbocycles. The van der Waals surface area contributed by atoms with Gasteiger partial charge in [-0.2, -0.15) is 0 Å². The van der Waals surface area contributed by atoms with E-state index in [0.29, 0.717) is 31.5 Å². The predicted octanol–water partition coefficient (Wildman–Crippen LogP) is 5.27. The molecule has 0 spiro atoms. The molecule has 3 aromatic carbocycles. The molecule has 0 radical (unpaired) electrons. The molecule has 0 unspecified atom stereocenters. The molecule has 1 saturated heterocycles. The Hall–Kier alpha value is -3.77. The number of hydrogen-bond donors (Lipinski definition) is 1. The van der Waals surface area contributed by atoms with Crippen LogP contribution < -0.4 is 0 Å². The zero-order valence-electron chi connectivity index (χ0n) is 22.9. The van der Waals surface area contributed by atoms with E-state index < -0.39 is 11.0 Å². The van der Waals surface area contributed by atoms with Gasteiger partial charge in [0.05, 0.1) is 12.5 Å². The van der Waals surface area contributed by atoms with E-state index in [9.17, 15) is 19.5 Å². The van der Waals surface area contributed by atoms with Crippen LogP contribution in [0.2, 0.25) is 0 Å². The average Bonchev–Trinajstić information content (AvgIpc) is 2.99. The third-order valence-corrected chi connectivity index (χ3v) is 8.06. The number of aliphatic hydroxyl groups is 1. The first-order valence-electron chi connectivity index (χ1n) is 13.5. The van der Waals surface area contributed by atoms with Crippen LogP contribution in [0.25, 0.3) is 0 Å². The fourth-order valence-corrected chi connectivity index (χ4v) is 5.54. The van der Waals surface area contributed by atoms with Crippen molar-refractivity contribution in [3.05, 3.63) is 107 Å². The van der Waals surface area contributed by atoms with E-state index in [-0.39, 0.29) is 36.4 Å². The largest absolute Gasteiger partial charge is 0.468 e. The maximum atomic E-state index is 13.0. The molecule has 0 bridgehead atoms. The van der Waals surface area contributed by atoms with E-state index >= 15 is 0 Å². The number of likely N-dealkylation sites (tertiary alicyclic amines) is 1. The quantitative estimate of drug-likeness (QED) is 0.303. The summed E-state index contributed by atoms with van der Waals surface area (Å²) in [5.74, 6) is -0.543. The van der Waals surface area contributed by atoms with Gasteiger partial charge in [-0.1, -0.05) is 84.9 Å². The standard InChI is InChI=1S/C33H37NO5/c1-32(2,31(37)39-3)25-16-14-24(15-17-25)29(35)18-19-30(36)34-22-20-28(21-23-34)33(38,26-10-6-4-7-11-26)27-12-8-5-9-13-27/h4-17,28,38H,18-23H2,1-3H3. The number of carbonyl (C=O) groups is 3. The molecule has 4 rings (SSSR count). The fraction of sp³-hybridized carbons (Fsp3) is 0.364. The predicted molar refractivity (Wildman–Crippen MR) is 150 cm³/mol. The van der Waals surface area contributed by atoms with Crippen molar-refractivity contribution in [3.63, 3.8) is 0 Å². The van der Waals surface area contributed by atoms with Crippen LogP contribution in [0.3, 0.4) is 0 Å². The molecule has 1 N–H and O–H groups in total. The molecule has 1 fully saturated rings. The molecular formula is C33H37NO5. The number of amides is 1. The monoisotopic (exact) mass is 527 g/mol. The van der Waals surface area contributed by atoms with Gasteiger partial charge in [0.1, 0.15) is 5.60 Å². The Bertz CT molecular complexity index is 1240. The smallest absolute Gasteiger partial charge is 0.315 e. The van der Waals surface area contributed by atoms with Gasteiger partial charge < -0.3 is 14.7 Å². The van der Waals surface area contributed by atoms with E-state index in [4.69, 9.17) is 4.74 Å². The molecule has 1 aliphatic heterocycles. The van der Waals surface area contributed by atoms with Gasteiger partial charge >= 0.3 is 5.97 Å². The fourth-order valence-electron chi connectivity index (χ4n) is 5.54. The molecule has 1 aliphatic rings. The van der Waals surface area contributed by atoms with Gasteiger partial charge in [0.15, 0.2) is 5.78 Å². The highest BCUT2D eigenvalue weighted by atomic mass is 16.5. The van der Waals surface area contributed by atoms with E-state index in [1.807, 2.05) is 65.6 Å². The van der Waals surface area contributed by atoms with Gasteiger partial charge in [0, 0.05) is 31.5 Å². The van der Waals surface area contributed by atoms with Crippen molar-refractivity contribution >= 4 is 17.7 Å². The lowest BCUT2D eigenvalue weighted by molar-refractivity contribution is -0.146. The summed E-state index contributed by atoms with van der Waals surface area (Å²) in [7, 11) is 1.36. The minimum absolute atomic E-state index is 0.0410. The Balaban J connectivity index is 1.35. The van der Waals surface area contributed by atoms with Gasteiger partial charge in [0.2, 0.25) is 5.91 Å². The Morgan fingerprint density at radius 3 is 1.79 bits per heavy atom. The van der Waals surface area contributed by atoms with Crippen LogP contribution in [-0.2, 0) is 25.3 Å². The Labute approximate surface area is 230 Å². The third-order valence-electron chi connectivity index (χ3n) is 8.06. The van der Waals surface area contributed by atoms with Crippen LogP contribution >= 0.6 is 0 Å². The average molecular weight is 528 g/mol. The number of benzene rings is 3. The summed E-state index contributed by atoms with van der Waals surface area (Å²) < 4.78 is 4.88. The first-order valence-corrected chi connectivity index (χ1v) is 13.5. The number of rotatable bonds is 9. The third kappa shape index (κ3) is 5.96. The molecule has 0 aromatic heterocycles. The molecular weight excluding hydrogens is 490 g/mol. The van der Waals surface area contributed by atoms with Crippen LogP contribution in [0.4, 0.5) is 0 Å². The van der Waals surface area contributed by atoms with Gasteiger partial charge in [-0.3, -0.25) is 14.4 Å².